The predicted octanol–water partition coefficient (Wildman–Crippen LogP) is -2.51. The van der Waals surface area contributed by atoms with Crippen molar-refractivity contribution in [2.24, 2.45) is 5.73 Å². The molecule has 0 aliphatic rings. The molecule has 0 spiro atoms. The number of carbonyl (C=O) groups is 1. The van der Waals surface area contributed by atoms with Gasteiger partial charge in [0.25, 0.3) is 0 Å². The summed E-state index contributed by atoms with van der Waals surface area (Å²) >= 11 is 0. The molecule has 0 aliphatic heterocycles. The van der Waals surface area contributed by atoms with Crippen LogP contribution < -0.4 is 5.73 Å². The molecule has 0 aromatic rings. The first-order chi connectivity index (χ1) is 7.81. The molecule has 0 radical (unpaired) electrons. The van der Waals surface area contributed by atoms with Crippen LogP contribution in [0.1, 0.15) is 6.92 Å². The molecule has 5 N–H and O–H groups in total. The van der Waals surface area contributed by atoms with Crippen molar-refractivity contribution in [2.45, 2.75) is 12.5 Å². The van der Waals surface area contributed by atoms with E-state index in [1.807, 2.05) is 0 Å². The molecular formula is C8H18N2O7. The smallest absolute Gasteiger partial charge is 0.302 e. The number of hydrogen-bond acceptors (Lipinski definition) is 8. The van der Waals surface area contributed by atoms with Crippen molar-refractivity contribution in [3.05, 3.63) is 10.1 Å². The minimum Gasteiger partial charge on any atom is -0.459 e. The number of ether oxygens (including phenoxy) is 1. The summed E-state index contributed by atoms with van der Waals surface area (Å²) in [6, 6.07) is 0. The second kappa shape index (κ2) is 9.90. The maximum atomic E-state index is 9.98. The summed E-state index contributed by atoms with van der Waals surface area (Å²) in [6.45, 7) is -0.456. The van der Waals surface area contributed by atoms with Gasteiger partial charge in [0, 0.05) is 11.8 Å². The van der Waals surface area contributed by atoms with Crippen molar-refractivity contribution < 1.29 is 29.8 Å². The number of nitrogens with zero attached hydrogens (tertiary/aromatic N) is 1. The lowest BCUT2D eigenvalue weighted by molar-refractivity contribution is -0.482. The molecule has 0 unspecified atom stereocenters. The topological polar surface area (TPSA) is 156 Å². The molecule has 9 heteroatoms. The Hall–Kier alpha value is -1.29. The Labute approximate surface area is 98.0 Å². The van der Waals surface area contributed by atoms with Gasteiger partial charge in [-0.3, -0.25) is 14.9 Å². The second-order valence-electron chi connectivity index (χ2n) is 3.23. The van der Waals surface area contributed by atoms with E-state index in [0.717, 1.165) is 0 Å². The minimum absolute atomic E-state index is 0.137. The monoisotopic (exact) mass is 254 g/mol. The Kier molecular flexibility index (Phi) is 10.5. The number of aliphatic hydroxyl groups is 3. The second-order valence-corrected chi connectivity index (χ2v) is 3.23. The van der Waals surface area contributed by atoms with Crippen LogP contribution >= 0.6 is 0 Å². The Balaban J connectivity index is 0. The van der Waals surface area contributed by atoms with Crippen LogP contribution in [0.25, 0.3) is 0 Å². The number of carbonyl (C=O) groups excluding carboxylic acids is 1. The summed E-state index contributed by atoms with van der Waals surface area (Å²) < 4.78 is 4.27. The SMILES string of the molecule is CC(=O)OCC[N+](=O)[O-].NC(CO)(CO)CO. The Morgan fingerprint density at radius 3 is 1.94 bits per heavy atom. The highest BCUT2D eigenvalue weighted by Gasteiger charge is 2.20. The molecule has 102 valence electrons. The first kappa shape index (κ1) is 18.1. The predicted molar refractivity (Wildman–Crippen MR) is 56.7 cm³/mol. The summed E-state index contributed by atoms with van der Waals surface area (Å²) in [6.07, 6.45) is 0. The van der Waals surface area contributed by atoms with Gasteiger partial charge in [0.15, 0.2) is 6.61 Å². The van der Waals surface area contributed by atoms with Gasteiger partial charge in [-0.1, -0.05) is 0 Å². The molecule has 0 heterocycles. The summed E-state index contributed by atoms with van der Waals surface area (Å²) in [5.41, 5.74) is 3.94. The average molecular weight is 254 g/mol. The van der Waals surface area contributed by atoms with Crippen molar-refractivity contribution in [1.82, 2.24) is 0 Å². The van der Waals surface area contributed by atoms with Crippen molar-refractivity contribution >= 4 is 5.97 Å². The highest BCUT2D eigenvalue weighted by Crippen LogP contribution is 1.93. The van der Waals surface area contributed by atoms with E-state index in [-0.39, 0.29) is 13.2 Å². The van der Waals surface area contributed by atoms with E-state index in [2.05, 4.69) is 4.74 Å². The lowest BCUT2D eigenvalue weighted by atomic mass is 10.1. The standard InChI is InChI=1S/C4H7NO4.C4H11NO3/c1-4(6)9-3-2-5(7)8;5-4(1-6,2-7)3-8/h2-3H2,1H3;6-8H,1-3,5H2. The molecule has 0 fully saturated rings. The van der Waals surface area contributed by atoms with E-state index >= 15 is 0 Å². The Morgan fingerprint density at radius 1 is 1.35 bits per heavy atom. The molecule has 0 aliphatic carbocycles. The fourth-order valence-electron chi connectivity index (χ4n) is 0.414. The van der Waals surface area contributed by atoms with Crippen LogP contribution in [-0.2, 0) is 9.53 Å². The van der Waals surface area contributed by atoms with Crippen LogP contribution in [0.2, 0.25) is 0 Å². The first-order valence-corrected chi connectivity index (χ1v) is 4.68. The van der Waals surface area contributed by atoms with Gasteiger partial charge in [-0.2, -0.15) is 0 Å². The third-order valence-corrected chi connectivity index (χ3v) is 1.52. The van der Waals surface area contributed by atoms with Crippen LogP contribution in [0.15, 0.2) is 0 Å². The molecule has 0 aromatic heterocycles. The number of hydrogen-bond donors (Lipinski definition) is 4. The van der Waals surface area contributed by atoms with Gasteiger partial charge in [-0.15, -0.1) is 0 Å². The normalized spacial score (nSPS) is 10.2. The van der Waals surface area contributed by atoms with Crippen molar-refractivity contribution in [3.8, 4) is 0 Å². The fourth-order valence-corrected chi connectivity index (χ4v) is 0.414. The van der Waals surface area contributed by atoms with E-state index in [4.69, 9.17) is 21.1 Å². The third kappa shape index (κ3) is 12.6. The largest absolute Gasteiger partial charge is 0.459 e. The molecule has 0 saturated heterocycles. The Bertz CT molecular complexity index is 208. The summed E-state index contributed by atoms with van der Waals surface area (Å²) in [5.74, 6) is -0.489. The molecule has 17 heavy (non-hydrogen) atoms. The van der Waals surface area contributed by atoms with Crippen LogP contribution in [0, 0.1) is 10.1 Å². The van der Waals surface area contributed by atoms with Gasteiger partial charge in [0.2, 0.25) is 6.54 Å². The van der Waals surface area contributed by atoms with Crippen LogP contribution in [0.5, 0.6) is 0 Å². The lowest BCUT2D eigenvalue weighted by Gasteiger charge is -2.20. The van der Waals surface area contributed by atoms with E-state index in [1.165, 1.54) is 6.92 Å². The molecule has 0 atom stereocenters. The first-order valence-electron chi connectivity index (χ1n) is 4.68. The lowest BCUT2D eigenvalue weighted by Crippen LogP contribution is -2.50. The maximum Gasteiger partial charge on any atom is 0.302 e. The van der Waals surface area contributed by atoms with Crippen molar-refractivity contribution in [3.63, 3.8) is 0 Å². The molecule has 0 bridgehead atoms. The number of esters is 1. The summed E-state index contributed by atoms with van der Waals surface area (Å²) in [5, 5.41) is 34.6. The minimum atomic E-state index is -1.21. The number of rotatable bonds is 6. The van der Waals surface area contributed by atoms with Gasteiger partial charge < -0.3 is 25.8 Å². The molecule has 0 saturated carbocycles. The Morgan fingerprint density at radius 2 is 1.76 bits per heavy atom. The zero-order valence-electron chi connectivity index (χ0n) is 9.53. The third-order valence-electron chi connectivity index (χ3n) is 1.52. The quantitative estimate of drug-likeness (QED) is 0.230. The number of nitrogens with two attached hydrogens (primary N) is 1. The van der Waals surface area contributed by atoms with Gasteiger partial charge in [0.1, 0.15) is 0 Å². The summed E-state index contributed by atoms with van der Waals surface area (Å²) in [4.78, 5) is 19.0. The number of aliphatic hydroxyl groups excluding tert-OH is 3. The molecule has 0 aromatic carbocycles. The molecule has 9 nitrogen and oxygen atoms in total. The highest BCUT2D eigenvalue weighted by atomic mass is 16.6. The van der Waals surface area contributed by atoms with E-state index < -0.39 is 36.3 Å². The molecule has 0 rings (SSSR count). The highest BCUT2D eigenvalue weighted by molar-refractivity contribution is 5.65. The maximum absolute atomic E-state index is 9.98. The molecular weight excluding hydrogens is 236 g/mol. The van der Waals surface area contributed by atoms with Gasteiger partial charge in [-0.05, 0) is 0 Å². The fraction of sp³-hybridized carbons (Fsp3) is 0.875. The number of nitro groups is 1. The summed E-state index contributed by atoms with van der Waals surface area (Å²) in [7, 11) is 0. The zero-order chi connectivity index (χ0) is 13.9. The van der Waals surface area contributed by atoms with E-state index in [1.54, 1.807) is 0 Å². The van der Waals surface area contributed by atoms with E-state index in [9.17, 15) is 14.9 Å². The van der Waals surface area contributed by atoms with Gasteiger partial charge in [0.05, 0.1) is 25.4 Å². The van der Waals surface area contributed by atoms with Crippen LogP contribution in [-0.4, -0.2) is 64.7 Å². The average Bonchev–Trinajstić information content (AvgIpc) is 2.28. The van der Waals surface area contributed by atoms with Gasteiger partial charge >= 0.3 is 5.97 Å². The van der Waals surface area contributed by atoms with Crippen LogP contribution in [0.4, 0.5) is 0 Å². The molecule has 0 amide bonds. The van der Waals surface area contributed by atoms with Crippen LogP contribution in [0.3, 0.4) is 0 Å². The van der Waals surface area contributed by atoms with E-state index in [0.29, 0.717) is 0 Å². The van der Waals surface area contributed by atoms with Crippen molar-refractivity contribution in [1.29, 1.82) is 0 Å². The zero-order valence-corrected chi connectivity index (χ0v) is 9.53. The van der Waals surface area contributed by atoms with Gasteiger partial charge in [-0.25, -0.2) is 0 Å². The van der Waals surface area contributed by atoms with Crippen molar-refractivity contribution in [2.75, 3.05) is 33.0 Å².